The van der Waals surface area contributed by atoms with Crippen LogP contribution in [-0.2, 0) is 19.3 Å². The van der Waals surface area contributed by atoms with Crippen LogP contribution < -0.4 is 5.11 Å². The van der Waals surface area contributed by atoms with E-state index in [0.717, 1.165) is 11.1 Å². The van der Waals surface area contributed by atoms with E-state index in [2.05, 4.69) is 9.97 Å². The maximum absolute atomic E-state index is 12.2. The molecular formula is C8H5F3N3O2-. The van der Waals surface area contributed by atoms with Crippen LogP contribution in [0.15, 0.2) is 6.20 Å². The number of aromatic nitrogens is 2. The Balaban J connectivity index is 2.31. The molecule has 0 fully saturated rings. The van der Waals surface area contributed by atoms with E-state index in [0.29, 0.717) is 5.56 Å². The quantitative estimate of drug-likeness (QED) is 0.638. The predicted octanol–water partition coefficient (Wildman–Crippen LogP) is 0.154. The average molecular weight is 232 g/mol. The van der Waals surface area contributed by atoms with Gasteiger partial charge in [0.05, 0.1) is 12.2 Å². The lowest BCUT2D eigenvalue weighted by molar-refractivity contribution is -0.266. The van der Waals surface area contributed by atoms with Gasteiger partial charge in [-0.15, -0.1) is 0 Å². The van der Waals surface area contributed by atoms with Crippen LogP contribution in [0.2, 0.25) is 0 Å². The van der Waals surface area contributed by atoms with Crippen molar-refractivity contribution in [1.82, 2.24) is 14.9 Å². The highest BCUT2D eigenvalue weighted by atomic mass is 19.4. The molecule has 0 aromatic carbocycles. The predicted molar refractivity (Wildman–Crippen MR) is 41.7 cm³/mol. The first-order chi connectivity index (χ1) is 7.38. The van der Waals surface area contributed by atoms with E-state index in [9.17, 15) is 23.1 Å². The molecule has 2 heterocycles. The number of nitrogens with zero attached hydrogens (tertiary/aromatic N) is 3. The summed E-state index contributed by atoms with van der Waals surface area (Å²) in [4.78, 5) is 17.8. The molecule has 0 aliphatic carbocycles. The van der Waals surface area contributed by atoms with Gasteiger partial charge >= 0.3 is 6.18 Å². The van der Waals surface area contributed by atoms with Gasteiger partial charge in [-0.2, -0.15) is 13.2 Å². The smallest absolute Gasteiger partial charge is 0.451 e. The summed E-state index contributed by atoms with van der Waals surface area (Å²) >= 11 is 0. The second kappa shape index (κ2) is 3.32. The van der Waals surface area contributed by atoms with Crippen molar-refractivity contribution in [2.75, 3.05) is 0 Å². The minimum absolute atomic E-state index is 0.0319. The lowest BCUT2D eigenvalue weighted by Crippen LogP contribution is -2.37. The van der Waals surface area contributed by atoms with Crippen molar-refractivity contribution in [1.29, 1.82) is 0 Å². The molecule has 86 valence electrons. The second-order valence-electron chi connectivity index (χ2n) is 3.29. The van der Waals surface area contributed by atoms with Crippen molar-refractivity contribution in [2.24, 2.45) is 0 Å². The van der Waals surface area contributed by atoms with E-state index in [4.69, 9.17) is 0 Å². The summed E-state index contributed by atoms with van der Waals surface area (Å²) in [5.74, 6) is -1.26. The third-order valence-electron chi connectivity index (χ3n) is 2.17. The number of carbonyl (C=O) groups is 1. The largest absolute Gasteiger partial charge is 0.530 e. The van der Waals surface area contributed by atoms with Crippen LogP contribution in [0.3, 0.4) is 0 Å². The molecule has 1 amide bonds. The van der Waals surface area contributed by atoms with Crippen LogP contribution in [0.5, 0.6) is 0 Å². The van der Waals surface area contributed by atoms with Gasteiger partial charge in [-0.25, -0.2) is 9.97 Å². The zero-order chi connectivity index (χ0) is 11.9. The van der Waals surface area contributed by atoms with Gasteiger partial charge in [0.1, 0.15) is 6.09 Å². The lowest BCUT2D eigenvalue weighted by atomic mass is 10.3. The molecule has 0 atom stereocenters. The zero-order valence-corrected chi connectivity index (χ0v) is 7.78. The summed E-state index contributed by atoms with van der Waals surface area (Å²) in [7, 11) is 0. The maximum Gasteiger partial charge on any atom is 0.451 e. The summed E-state index contributed by atoms with van der Waals surface area (Å²) in [5.41, 5.74) is 0.448. The highest BCUT2D eigenvalue weighted by molar-refractivity contribution is 5.63. The van der Waals surface area contributed by atoms with E-state index >= 15 is 0 Å². The molecule has 2 rings (SSSR count). The number of alkyl halides is 3. The number of rotatable bonds is 0. The number of hydrogen-bond acceptors (Lipinski definition) is 4. The number of carboxylic acid groups (broad SMARTS) is 1. The van der Waals surface area contributed by atoms with E-state index < -0.39 is 18.1 Å². The van der Waals surface area contributed by atoms with Gasteiger partial charge in [0.15, 0.2) is 0 Å². The van der Waals surface area contributed by atoms with Gasteiger partial charge in [-0.1, -0.05) is 0 Å². The molecule has 0 spiro atoms. The average Bonchev–Trinajstić information content (AvgIpc) is 2.58. The molecule has 0 bridgehead atoms. The molecule has 0 saturated carbocycles. The summed E-state index contributed by atoms with van der Waals surface area (Å²) in [6.07, 6.45) is -5.07. The van der Waals surface area contributed by atoms with Gasteiger partial charge in [-0.3, -0.25) is 0 Å². The van der Waals surface area contributed by atoms with Gasteiger partial charge in [0.25, 0.3) is 0 Å². The summed E-state index contributed by atoms with van der Waals surface area (Å²) < 4.78 is 36.7. The highest BCUT2D eigenvalue weighted by Crippen LogP contribution is 2.28. The van der Waals surface area contributed by atoms with Crippen molar-refractivity contribution < 1.29 is 23.1 Å². The molecule has 1 aliphatic heterocycles. The summed E-state index contributed by atoms with van der Waals surface area (Å²) in [6, 6.07) is 0. The lowest BCUT2D eigenvalue weighted by Gasteiger charge is -2.16. The Morgan fingerprint density at radius 2 is 2.12 bits per heavy atom. The Bertz CT molecular complexity index is 447. The third-order valence-corrected chi connectivity index (χ3v) is 2.17. The van der Waals surface area contributed by atoms with Crippen LogP contribution in [-0.4, -0.2) is 21.0 Å². The monoisotopic (exact) mass is 232 g/mol. The maximum atomic E-state index is 12.2. The van der Waals surface area contributed by atoms with Crippen LogP contribution in [0.4, 0.5) is 18.0 Å². The Kier molecular flexibility index (Phi) is 2.21. The molecule has 1 aromatic rings. The molecule has 16 heavy (non-hydrogen) atoms. The molecule has 5 nitrogen and oxygen atoms in total. The summed E-state index contributed by atoms with van der Waals surface area (Å²) in [5, 5.41) is 10.5. The fraction of sp³-hybridized carbons (Fsp3) is 0.375. The fourth-order valence-electron chi connectivity index (χ4n) is 1.42. The highest BCUT2D eigenvalue weighted by Gasteiger charge is 2.36. The second-order valence-corrected chi connectivity index (χ2v) is 3.29. The van der Waals surface area contributed by atoms with E-state index in [1.807, 2.05) is 0 Å². The minimum Gasteiger partial charge on any atom is -0.530 e. The zero-order valence-electron chi connectivity index (χ0n) is 7.78. The molecule has 0 saturated heterocycles. The Labute approximate surface area is 87.5 Å². The van der Waals surface area contributed by atoms with Crippen LogP contribution >= 0.6 is 0 Å². The van der Waals surface area contributed by atoms with Gasteiger partial charge in [0.2, 0.25) is 5.82 Å². The standard InChI is InChI=1S/C8H6F3N3O2/c9-8(10,11)6-12-1-4-2-14(7(15)16)3-5(4)13-6/h1H,2-3H2,(H,15,16)/p-1. The Hall–Kier alpha value is -1.86. The number of halogens is 3. The van der Waals surface area contributed by atoms with Crippen LogP contribution in [0.1, 0.15) is 17.1 Å². The van der Waals surface area contributed by atoms with Crippen molar-refractivity contribution >= 4 is 6.09 Å². The molecule has 0 radical (unpaired) electrons. The first-order valence-electron chi connectivity index (χ1n) is 4.26. The summed E-state index contributed by atoms with van der Waals surface area (Å²) in [6.45, 7) is -0.223. The normalized spacial score (nSPS) is 15.1. The molecule has 1 aliphatic rings. The number of hydrogen-bond donors (Lipinski definition) is 0. The van der Waals surface area contributed by atoms with E-state index in [1.54, 1.807) is 0 Å². The van der Waals surface area contributed by atoms with Gasteiger partial charge < -0.3 is 14.8 Å². The van der Waals surface area contributed by atoms with Gasteiger partial charge in [-0.05, 0) is 0 Å². The van der Waals surface area contributed by atoms with Gasteiger partial charge in [0, 0.05) is 18.3 Å². The fourth-order valence-corrected chi connectivity index (χ4v) is 1.42. The van der Waals surface area contributed by atoms with Crippen molar-refractivity contribution in [3.05, 3.63) is 23.3 Å². The van der Waals surface area contributed by atoms with Crippen molar-refractivity contribution in [3.63, 3.8) is 0 Å². The Morgan fingerprint density at radius 3 is 2.69 bits per heavy atom. The van der Waals surface area contributed by atoms with E-state index in [1.165, 1.54) is 0 Å². The van der Waals surface area contributed by atoms with Crippen molar-refractivity contribution in [2.45, 2.75) is 19.3 Å². The minimum atomic E-state index is -4.62. The number of fused-ring (bicyclic) bond motifs is 1. The Morgan fingerprint density at radius 1 is 1.44 bits per heavy atom. The molecule has 0 N–H and O–H groups in total. The number of carbonyl (C=O) groups excluding carboxylic acids is 1. The molecular weight excluding hydrogens is 227 g/mol. The molecule has 0 unspecified atom stereocenters. The SMILES string of the molecule is O=C([O-])N1Cc2cnc(C(F)(F)F)nc2C1. The van der Waals surface area contributed by atoms with E-state index in [-0.39, 0.29) is 18.8 Å². The van der Waals surface area contributed by atoms with Crippen LogP contribution in [0.25, 0.3) is 0 Å². The first-order valence-corrected chi connectivity index (χ1v) is 4.26. The first kappa shape index (κ1) is 10.7. The third kappa shape index (κ3) is 1.77. The topological polar surface area (TPSA) is 69.2 Å². The van der Waals surface area contributed by atoms with Crippen LogP contribution in [0, 0.1) is 0 Å². The number of amides is 1. The molecule has 1 aromatic heterocycles. The van der Waals surface area contributed by atoms with Crippen molar-refractivity contribution in [3.8, 4) is 0 Å². The molecule has 8 heteroatoms.